The lowest BCUT2D eigenvalue weighted by Gasteiger charge is -2.45. The van der Waals surface area contributed by atoms with Gasteiger partial charge in [0.1, 0.15) is 17.0 Å². The highest BCUT2D eigenvalue weighted by Gasteiger charge is 2.48. The number of aromatic nitrogens is 1. The Morgan fingerprint density at radius 2 is 1.80 bits per heavy atom. The molecular formula is C29H35N3O3. The number of benzene rings is 2. The molecule has 0 spiro atoms. The Morgan fingerprint density at radius 1 is 1.09 bits per heavy atom. The van der Waals surface area contributed by atoms with Crippen LogP contribution in [0.3, 0.4) is 0 Å². The number of hydrogen-bond donors (Lipinski definition) is 1. The average molecular weight is 474 g/mol. The van der Waals surface area contributed by atoms with Crippen molar-refractivity contribution >= 4 is 22.7 Å². The molecule has 1 N–H and O–H groups in total. The summed E-state index contributed by atoms with van der Waals surface area (Å²) in [5, 5.41) is 4.32. The first-order valence-electron chi connectivity index (χ1n) is 12.8. The number of para-hydroxylation sites is 1. The molecule has 0 saturated heterocycles. The van der Waals surface area contributed by atoms with Crippen molar-refractivity contribution in [3.8, 4) is 5.75 Å². The van der Waals surface area contributed by atoms with Gasteiger partial charge in [-0.3, -0.25) is 9.59 Å². The molecule has 1 atom stereocenters. The highest BCUT2D eigenvalue weighted by Crippen LogP contribution is 2.34. The van der Waals surface area contributed by atoms with Gasteiger partial charge in [0.15, 0.2) is 0 Å². The quantitative estimate of drug-likeness (QED) is 0.529. The minimum absolute atomic E-state index is 0.0686. The number of nitrogens with one attached hydrogen (secondary N) is 1. The fraction of sp³-hybridized carbons (Fsp3) is 0.448. The van der Waals surface area contributed by atoms with E-state index in [0.29, 0.717) is 18.8 Å². The number of amides is 2. The van der Waals surface area contributed by atoms with Crippen LogP contribution in [0.4, 0.5) is 0 Å². The van der Waals surface area contributed by atoms with Crippen LogP contribution in [0.2, 0.25) is 0 Å². The minimum atomic E-state index is -1.00. The van der Waals surface area contributed by atoms with Crippen molar-refractivity contribution in [2.45, 2.75) is 83.6 Å². The zero-order valence-corrected chi connectivity index (χ0v) is 20.9. The first kappa shape index (κ1) is 23.5. The van der Waals surface area contributed by atoms with Crippen LogP contribution in [0.15, 0.2) is 54.6 Å². The number of rotatable bonds is 6. The molecule has 2 aromatic carbocycles. The normalized spacial score (nSPS) is 20.8. The van der Waals surface area contributed by atoms with Crippen LogP contribution in [0.5, 0.6) is 5.75 Å². The standard InChI is InChI=1S/C29H35N3O3/c1-20(2)35-24-15-13-21(14-16-24)18-32-27(33)26-17-22-9-7-8-12-25(22)31(26)19-29(32,3)28(34)30-23-10-5-4-6-11-23/h7-9,12-17,20,23H,4-6,10-11,18-19H2,1-3H3,(H,30,34)/t29-/m1/s1. The van der Waals surface area contributed by atoms with Gasteiger partial charge in [0.05, 0.1) is 12.6 Å². The van der Waals surface area contributed by atoms with E-state index in [2.05, 4.69) is 5.32 Å². The van der Waals surface area contributed by atoms with Gasteiger partial charge in [-0.1, -0.05) is 49.6 Å². The SMILES string of the molecule is CC(C)Oc1ccc(CN2C(=O)c3cc4ccccc4n3C[C@]2(C)C(=O)NC2CCCCC2)cc1. The second-order valence-electron chi connectivity index (χ2n) is 10.5. The highest BCUT2D eigenvalue weighted by atomic mass is 16.5. The molecule has 1 aliphatic heterocycles. The number of nitrogens with zero attached hydrogens (tertiary/aromatic N) is 2. The van der Waals surface area contributed by atoms with Gasteiger partial charge in [0.2, 0.25) is 5.91 Å². The first-order chi connectivity index (χ1) is 16.8. The van der Waals surface area contributed by atoms with Crippen LogP contribution >= 0.6 is 0 Å². The van der Waals surface area contributed by atoms with Crippen molar-refractivity contribution in [2.75, 3.05) is 0 Å². The second kappa shape index (κ2) is 9.40. The summed E-state index contributed by atoms with van der Waals surface area (Å²) in [6.45, 7) is 6.69. The lowest BCUT2D eigenvalue weighted by Crippen LogP contribution is -2.64. The molecule has 2 heterocycles. The van der Waals surface area contributed by atoms with Crippen molar-refractivity contribution in [1.82, 2.24) is 14.8 Å². The predicted molar refractivity (Wildman–Crippen MR) is 137 cm³/mol. The smallest absolute Gasteiger partial charge is 0.271 e. The van der Waals surface area contributed by atoms with Crippen molar-refractivity contribution in [3.63, 3.8) is 0 Å². The third kappa shape index (κ3) is 4.54. The van der Waals surface area contributed by atoms with Crippen molar-refractivity contribution in [3.05, 3.63) is 65.9 Å². The van der Waals surface area contributed by atoms with Crippen molar-refractivity contribution in [1.29, 1.82) is 0 Å². The Morgan fingerprint density at radius 3 is 2.51 bits per heavy atom. The maximum atomic E-state index is 13.9. The molecule has 0 radical (unpaired) electrons. The number of fused-ring (bicyclic) bond motifs is 3. The van der Waals surface area contributed by atoms with Gasteiger partial charge < -0.3 is 19.5 Å². The summed E-state index contributed by atoms with van der Waals surface area (Å²) in [5.74, 6) is 0.615. The molecule has 1 aliphatic carbocycles. The molecule has 0 unspecified atom stereocenters. The topological polar surface area (TPSA) is 63.6 Å². The molecule has 35 heavy (non-hydrogen) atoms. The third-order valence-electron chi connectivity index (χ3n) is 7.40. The fourth-order valence-electron chi connectivity index (χ4n) is 5.47. The van der Waals surface area contributed by atoms with Gasteiger partial charge >= 0.3 is 0 Å². The second-order valence-corrected chi connectivity index (χ2v) is 10.5. The minimum Gasteiger partial charge on any atom is -0.491 e. The number of hydrogen-bond acceptors (Lipinski definition) is 3. The Kier molecular flexibility index (Phi) is 6.30. The Balaban J connectivity index is 1.49. The summed E-state index contributed by atoms with van der Waals surface area (Å²) in [4.78, 5) is 29.5. The van der Waals surface area contributed by atoms with E-state index in [1.165, 1.54) is 6.42 Å². The van der Waals surface area contributed by atoms with Gasteiger partial charge in [-0.15, -0.1) is 0 Å². The van der Waals surface area contributed by atoms with E-state index >= 15 is 0 Å². The van der Waals surface area contributed by atoms with Crippen LogP contribution in [0.25, 0.3) is 10.9 Å². The third-order valence-corrected chi connectivity index (χ3v) is 7.40. The van der Waals surface area contributed by atoms with Crippen LogP contribution in [-0.4, -0.2) is 39.0 Å². The maximum absolute atomic E-state index is 13.9. The van der Waals surface area contributed by atoms with Crippen LogP contribution < -0.4 is 10.1 Å². The first-order valence-corrected chi connectivity index (χ1v) is 12.8. The molecule has 3 aromatic rings. The number of carbonyl (C=O) groups excluding carboxylic acids is 2. The summed E-state index contributed by atoms with van der Waals surface area (Å²) >= 11 is 0. The van der Waals surface area contributed by atoms with Crippen molar-refractivity contribution < 1.29 is 14.3 Å². The van der Waals surface area contributed by atoms with Gasteiger partial charge in [0, 0.05) is 23.5 Å². The molecule has 1 fully saturated rings. The van der Waals surface area contributed by atoms with Gasteiger partial charge in [-0.05, 0) is 63.4 Å². The predicted octanol–water partition coefficient (Wildman–Crippen LogP) is 5.29. The largest absolute Gasteiger partial charge is 0.491 e. The Labute approximate surface area is 207 Å². The summed E-state index contributed by atoms with van der Waals surface area (Å²) in [6, 6.07) is 18.0. The van der Waals surface area contributed by atoms with E-state index in [1.807, 2.05) is 79.9 Å². The van der Waals surface area contributed by atoms with E-state index in [0.717, 1.165) is 47.9 Å². The van der Waals surface area contributed by atoms with Crippen molar-refractivity contribution in [2.24, 2.45) is 0 Å². The van der Waals surface area contributed by atoms with Gasteiger partial charge in [-0.25, -0.2) is 0 Å². The molecule has 6 heteroatoms. The average Bonchev–Trinajstić information content (AvgIpc) is 3.21. The van der Waals surface area contributed by atoms with E-state index in [-0.39, 0.29) is 24.0 Å². The lowest BCUT2D eigenvalue weighted by atomic mass is 9.91. The van der Waals surface area contributed by atoms with Gasteiger partial charge in [0.25, 0.3) is 5.91 Å². The van der Waals surface area contributed by atoms with E-state index in [9.17, 15) is 9.59 Å². The van der Waals surface area contributed by atoms with Crippen LogP contribution in [0, 0.1) is 0 Å². The Hall–Kier alpha value is -3.28. The van der Waals surface area contributed by atoms with E-state index in [1.54, 1.807) is 4.90 Å². The molecule has 184 valence electrons. The molecular weight excluding hydrogens is 438 g/mol. The zero-order chi connectivity index (χ0) is 24.6. The fourth-order valence-corrected chi connectivity index (χ4v) is 5.47. The molecule has 2 amide bonds. The van der Waals surface area contributed by atoms with Crippen LogP contribution in [-0.2, 0) is 17.9 Å². The molecule has 2 aliphatic rings. The molecule has 5 rings (SSSR count). The van der Waals surface area contributed by atoms with E-state index < -0.39 is 5.54 Å². The van der Waals surface area contributed by atoms with Crippen LogP contribution in [0.1, 0.15) is 68.9 Å². The monoisotopic (exact) mass is 473 g/mol. The van der Waals surface area contributed by atoms with Gasteiger partial charge in [-0.2, -0.15) is 0 Å². The summed E-state index contributed by atoms with van der Waals surface area (Å²) < 4.78 is 7.80. The highest BCUT2D eigenvalue weighted by molar-refractivity contribution is 6.03. The summed E-state index contributed by atoms with van der Waals surface area (Å²) in [6.07, 6.45) is 5.61. The summed E-state index contributed by atoms with van der Waals surface area (Å²) in [7, 11) is 0. The van der Waals surface area contributed by atoms with E-state index in [4.69, 9.17) is 4.74 Å². The Bertz CT molecular complexity index is 1220. The number of ether oxygens (including phenoxy) is 1. The molecule has 1 saturated carbocycles. The molecule has 1 aromatic heterocycles. The molecule has 6 nitrogen and oxygen atoms in total. The zero-order valence-electron chi connectivity index (χ0n) is 20.9. The summed E-state index contributed by atoms with van der Waals surface area (Å²) in [5.41, 5.74) is 1.59. The lowest BCUT2D eigenvalue weighted by molar-refractivity contribution is -0.134. The number of carbonyl (C=O) groups is 2. The maximum Gasteiger partial charge on any atom is 0.271 e. The molecule has 0 bridgehead atoms.